The highest BCUT2D eigenvalue weighted by molar-refractivity contribution is 6.29. The van der Waals surface area contributed by atoms with Crippen LogP contribution in [-0.4, -0.2) is 24.6 Å². The normalized spacial score (nSPS) is 18.1. The van der Waals surface area contributed by atoms with Crippen molar-refractivity contribution in [2.24, 2.45) is 5.92 Å². The zero-order chi connectivity index (χ0) is 11.5. The number of hydrogen-bond acceptors (Lipinski definition) is 4. The Morgan fingerprint density at radius 2 is 1.87 bits per heavy atom. The monoisotopic (exact) mass is 214 g/mol. The van der Waals surface area contributed by atoms with E-state index in [2.05, 4.69) is 18.6 Å². The summed E-state index contributed by atoms with van der Waals surface area (Å²) in [7, 11) is 1.18. The molecule has 0 unspecified atom stereocenters. The Bertz CT molecular complexity index is 253. The number of hydrogen-bond donors (Lipinski definition) is 0. The Kier molecular flexibility index (Phi) is 3.72. The fourth-order valence-corrected chi connectivity index (χ4v) is 1.98. The van der Waals surface area contributed by atoms with Gasteiger partial charge in [-0.15, -0.1) is 0 Å². The number of carbonyl (C=O) groups is 2. The first kappa shape index (κ1) is 12.0. The maximum atomic E-state index is 11.3. The van der Waals surface area contributed by atoms with Gasteiger partial charge in [-0.25, -0.2) is 9.59 Å². The van der Waals surface area contributed by atoms with Gasteiger partial charge in [0, 0.05) is 0 Å². The van der Waals surface area contributed by atoms with E-state index in [0.717, 1.165) is 25.7 Å². The Hall–Kier alpha value is -1.06. The third kappa shape index (κ3) is 2.94. The zero-order valence-corrected chi connectivity index (χ0v) is 9.54. The predicted molar refractivity (Wildman–Crippen MR) is 54.1 cm³/mol. The van der Waals surface area contributed by atoms with E-state index < -0.39 is 17.5 Å². The van der Waals surface area contributed by atoms with Crippen LogP contribution in [0.15, 0.2) is 0 Å². The van der Waals surface area contributed by atoms with E-state index in [0.29, 0.717) is 5.92 Å². The highest BCUT2D eigenvalue weighted by Crippen LogP contribution is 2.40. The van der Waals surface area contributed by atoms with Gasteiger partial charge in [-0.2, -0.15) is 0 Å². The molecule has 0 bridgehead atoms. The summed E-state index contributed by atoms with van der Waals surface area (Å²) in [5.74, 6) is -1.32. The molecule has 0 radical (unpaired) electrons. The van der Waals surface area contributed by atoms with Gasteiger partial charge < -0.3 is 9.47 Å². The van der Waals surface area contributed by atoms with Crippen LogP contribution in [0.4, 0.5) is 0 Å². The molecule has 0 atom stereocenters. The number of ether oxygens (including phenoxy) is 2. The molecule has 1 aliphatic carbocycles. The summed E-state index contributed by atoms with van der Waals surface area (Å²) in [5.41, 5.74) is -0.403. The maximum absolute atomic E-state index is 11.3. The second-order valence-corrected chi connectivity index (χ2v) is 4.52. The summed E-state index contributed by atoms with van der Waals surface area (Å²) in [6.07, 6.45) is 3.58. The standard InChI is InChI=1S/C11H18O4/c1-8(2)7-11(5-4-6-11)15-10(13)9(12)14-3/h8H,4-7H2,1-3H3. The summed E-state index contributed by atoms with van der Waals surface area (Å²) in [5, 5.41) is 0. The average molecular weight is 214 g/mol. The molecule has 4 heteroatoms. The van der Waals surface area contributed by atoms with Gasteiger partial charge in [-0.05, 0) is 31.6 Å². The molecule has 1 fully saturated rings. The van der Waals surface area contributed by atoms with Crippen molar-refractivity contribution in [2.45, 2.75) is 45.1 Å². The van der Waals surface area contributed by atoms with E-state index >= 15 is 0 Å². The molecule has 15 heavy (non-hydrogen) atoms. The lowest BCUT2D eigenvalue weighted by Gasteiger charge is -2.41. The van der Waals surface area contributed by atoms with Gasteiger partial charge in [0.1, 0.15) is 5.60 Å². The minimum absolute atomic E-state index is 0.403. The zero-order valence-electron chi connectivity index (χ0n) is 9.54. The molecule has 0 N–H and O–H groups in total. The van der Waals surface area contributed by atoms with Gasteiger partial charge in [0.05, 0.1) is 7.11 Å². The number of methoxy groups -OCH3 is 1. The van der Waals surface area contributed by atoms with Gasteiger partial charge in [0.2, 0.25) is 0 Å². The smallest absolute Gasteiger partial charge is 0.418 e. The third-order valence-corrected chi connectivity index (χ3v) is 2.71. The van der Waals surface area contributed by atoms with Crippen LogP contribution >= 0.6 is 0 Å². The molecule has 0 saturated heterocycles. The first-order chi connectivity index (χ1) is 6.99. The molecule has 0 spiro atoms. The van der Waals surface area contributed by atoms with Gasteiger partial charge in [-0.1, -0.05) is 13.8 Å². The second kappa shape index (κ2) is 4.64. The molecule has 86 valence electrons. The molecule has 0 aromatic heterocycles. The minimum Gasteiger partial charge on any atom is -0.461 e. The van der Waals surface area contributed by atoms with Crippen LogP contribution in [0.1, 0.15) is 39.5 Å². The Labute approximate surface area is 89.9 Å². The molecule has 4 nitrogen and oxygen atoms in total. The van der Waals surface area contributed by atoms with Crippen molar-refractivity contribution in [3.8, 4) is 0 Å². The maximum Gasteiger partial charge on any atom is 0.418 e. The first-order valence-electron chi connectivity index (χ1n) is 5.30. The molecule has 0 heterocycles. The Morgan fingerprint density at radius 1 is 1.27 bits per heavy atom. The van der Waals surface area contributed by atoms with Crippen molar-refractivity contribution in [1.82, 2.24) is 0 Å². The molecule has 0 aromatic carbocycles. The van der Waals surface area contributed by atoms with Crippen molar-refractivity contribution in [1.29, 1.82) is 0 Å². The van der Waals surface area contributed by atoms with Gasteiger partial charge >= 0.3 is 11.9 Å². The van der Waals surface area contributed by atoms with E-state index in [-0.39, 0.29) is 0 Å². The first-order valence-corrected chi connectivity index (χ1v) is 5.30. The van der Waals surface area contributed by atoms with Crippen LogP contribution in [0, 0.1) is 5.92 Å². The molecule has 1 rings (SSSR count). The fourth-order valence-electron chi connectivity index (χ4n) is 1.98. The topological polar surface area (TPSA) is 52.6 Å². The SMILES string of the molecule is COC(=O)C(=O)OC1(CC(C)C)CCC1. The van der Waals surface area contributed by atoms with Crippen LogP contribution < -0.4 is 0 Å². The summed E-state index contributed by atoms with van der Waals surface area (Å²) in [6, 6.07) is 0. The van der Waals surface area contributed by atoms with Crippen LogP contribution in [0.2, 0.25) is 0 Å². The predicted octanol–water partition coefficient (Wildman–Crippen LogP) is 1.67. The van der Waals surface area contributed by atoms with Crippen molar-refractivity contribution in [3.63, 3.8) is 0 Å². The van der Waals surface area contributed by atoms with E-state index in [1.807, 2.05) is 0 Å². The van der Waals surface area contributed by atoms with E-state index in [1.54, 1.807) is 0 Å². The average Bonchev–Trinajstić information content (AvgIpc) is 2.12. The van der Waals surface area contributed by atoms with E-state index in [9.17, 15) is 9.59 Å². The van der Waals surface area contributed by atoms with Crippen LogP contribution in [0.5, 0.6) is 0 Å². The summed E-state index contributed by atoms with van der Waals surface area (Å²) >= 11 is 0. The highest BCUT2D eigenvalue weighted by atomic mass is 16.6. The largest absolute Gasteiger partial charge is 0.461 e. The van der Waals surface area contributed by atoms with E-state index in [1.165, 1.54) is 7.11 Å². The molecule has 0 aliphatic heterocycles. The Balaban J connectivity index is 2.53. The number of rotatable bonds is 3. The molecule has 1 saturated carbocycles. The fraction of sp³-hybridized carbons (Fsp3) is 0.818. The molecular formula is C11H18O4. The lowest BCUT2D eigenvalue weighted by atomic mass is 9.75. The molecule has 1 aliphatic rings. The highest BCUT2D eigenvalue weighted by Gasteiger charge is 2.42. The minimum atomic E-state index is -0.912. The van der Waals surface area contributed by atoms with Crippen LogP contribution in [0.3, 0.4) is 0 Å². The lowest BCUT2D eigenvalue weighted by molar-refractivity contribution is -0.184. The van der Waals surface area contributed by atoms with Crippen molar-refractivity contribution >= 4 is 11.9 Å². The van der Waals surface area contributed by atoms with Gasteiger partial charge in [-0.3, -0.25) is 0 Å². The molecular weight excluding hydrogens is 196 g/mol. The Morgan fingerprint density at radius 3 is 2.20 bits per heavy atom. The van der Waals surface area contributed by atoms with E-state index in [4.69, 9.17) is 4.74 Å². The van der Waals surface area contributed by atoms with Gasteiger partial charge in [0.15, 0.2) is 0 Å². The van der Waals surface area contributed by atoms with Gasteiger partial charge in [0.25, 0.3) is 0 Å². The second-order valence-electron chi connectivity index (χ2n) is 4.52. The van der Waals surface area contributed by atoms with Crippen molar-refractivity contribution < 1.29 is 19.1 Å². The van der Waals surface area contributed by atoms with Crippen molar-refractivity contribution in [3.05, 3.63) is 0 Å². The van der Waals surface area contributed by atoms with Crippen LogP contribution in [0.25, 0.3) is 0 Å². The van der Waals surface area contributed by atoms with Crippen molar-refractivity contribution in [2.75, 3.05) is 7.11 Å². The summed E-state index contributed by atoms with van der Waals surface area (Å²) in [4.78, 5) is 22.2. The molecule has 0 aromatic rings. The third-order valence-electron chi connectivity index (χ3n) is 2.71. The van der Waals surface area contributed by atoms with Crippen LogP contribution in [-0.2, 0) is 19.1 Å². The number of carbonyl (C=O) groups excluding carboxylic acids is 2. The quantitative estimate of drug-likeness (QED) is 0.529. The molecule has 0 amide bonds. The lowest BCUT2D eigenvalue weighted by Crippen LogP contribution is -2.44. The number of esters is 2. The summed E-state index contributed by atoms with van der Waals surface area (Å²) < 4.78 is 9.54. The summed E-state index contributed by atoms with van der Waals surface area (Å²) in [6.45, 7) is 4.15.